The Kier molecular flexibility index (Phi) is 6.27. The van der Waals surface area contributed by atoms with Crippen LogP contribution in [0.4, 0.5) is 5.82 Å². The van der Waals surface area contributed by atoms with Gasteiger partial charge in [0.25, 0.3) is 0 Å². The number of anilines is 1. The first-order valence-corrected chi connectivity index (χ1v) is 8.60. The number of hydrogen-bond donors (Lipinski definition) is 2. The fourth-order valence-corrected chi connectivity index (χ4v) is 2.93. The lowest BCUT2D eigenvalue weighted by Crippen LogP contribution is -2.11. The van der Waals surface area contributed by atoms with E-state index in [-0.39, 0.29) is 22.7 Å². The average molecular weight is 333 g/mol. The Morgan fingerprint density at radius 1 is 1.38 bits per heavy atom. The minimum Gasteiger partial charge on any atom is -0.732 e. The van der Waals surface area contributed by atoms with Crippen molar-refractivity contribution in [2.45, 2.75) is 71.5 Å². The number of ether oxygens (including phenoxy) is 1. The lowest BCUT2D eigenvalue weighted by atomic mass is 9.96. The molecule has 0 bridgehead atoms. The Labute approximate surface area is 144 Å². The van der Waals surface area contributed by atoms with Crippen LogP contribution in [0.5, 0.6) is 0 Å². The van der Waals surface area contributed by atoms with Crippen molar-refractivity contribution >= 4 is 5.82 Å². The van der Waals surface area contributed by atoms with Crippen molar-refractivity contribution in [1.82, 2.24) is 4.98 Å². The summed E-state index contributed by atoms with van der Waals surface area (Å²) >= 11 is 0. The van der Waals surface area contributed by atoms with Crippen molar-refractivity contribution < 1.29 is 9.94 Å². The third-order valence-corrected chi connectivity index (χ3v) is 4.61. The summed E-state index contributed by atoms with van der Waals surface area (Å²) in [6.45, 7) is 8.60. The maximum absolute atomic E-state index is 10.8. The molecule has 5 nitrogen and oxygen atoms in total. The highest BCUT2D eigenvalue weighted by Crippen LogP contribution is 2.42. The van der Waals surface area contributed by atoms with Crippen LogP contribution in [0.15, 0.2) is 35.6 Å². The predicted molar refractivity (Wildman–Crippen MR) is 97.1 cm³/mol. The number of nitrogens with one attached hydrogen (secondary N) is 1. The van der Waals surface area contributed by atoms with E-state index in [0.717, 1.165) is 37.7 Å². The summed E-state index contributed by atoms with van der Waals surface area (Å²) in [6, 6.07) is 1.66. The minimum atomic E-state index is -0.154. The molecule has 0 spiro atoms. The molecule has 1 aliphatic heterocycles. The molecule has 0 aromatic carbocycles. The first-order chi connectivity index (χ1) is 11.3. The summed E-state index contributed by atoms with van der Waals surface area (Å²) < 4.78 is 5.87. The average Bonchev–Trinajstić information content (AvgIpc) is 2.91. The number of rotatable bonds is 9. The molecule has 2 atom stereocenters. The van der Waals surface area contributed by atoms with E-state index in [0.29, 0.717) is 0 Å². The lowest BCUT2D eigenvalue weighted by molar-refractivity contribution is 0.293. The number of epoxide rings is 1. The third-order valence-electron chi connectivity index (χ3n) is 4.61. The molecule has 2 rings (SSSR count). The summed E-state index contributed by atoms with van der Waals surface area (Å²) in [5.41, 5.74) is 3.70. The summed E-state index contributed by atoms with van der Waals surface area (Å²) in [5, 5.41) is 19.5. The zero-order valence-electron chi connectivity index (χ0n) is 15.1. The van der Waals surface area contributed by atoms with Gasteiger partial charge in [-0.3, -0.25) is 5.21 Å². The topological polar surface area (TPSA) is 74.9 Å². The van der Waals surface area contributed by atoms with Gasteiger partial charge >= 0.3 is 0 Å². The zero-order chi connectivity index (χ0) is 17.7. The molecule has 1 fully saturated rings. The monoisotopic (exact) mass is 333 g/mol. The Hall–Kier alpha value is -1.56. The fraction of sp³-hybridized carbons (Fsp3) is 0.579. The molecule has 5 heteroatoms. The Balaban J connectivity index is 1.73. The van der Waals surface area contributed by atoms with E-state index in [1.165, 1.54) is 11.1 Å². The molecule has 1 aromatic heterocycles. The summed E-state index contributed by atoms with van der Waals surface area (Å²) in [4.78, 5) is 2.74. The number of nitrogens with zero attached hydrogens (tertiary/aromatic N) is 1. The van der Waals surface area contributed by atoms with Gasteiger partial charge in [-0.25, -0.2) is 0 Å². The van der Waals surface area contributed by atoms with Gasteiger partial charge in [0.2, 0.25) is 0 Å². The standard InChI is InChI=1S/C19H29N2O3/c1-14(2)7-5-8-15(3)9-6-10-19(4)17(24-19)11-16-12-18(20-13-16)21(22)23/h7,9,12-13,17,20,22H,5-6,8,10-11H2,1-4H3/q-1/b15-9+/t17-,19-/m1/s1. The number of H-pyrrole nitrogens is 1. The Bertz CT molecular complexity index is 600. The van der Waals surface area contributed by atoms with Gasteiger partial charge in [-0.2, -0.15) is 0 Å². The molecule has 0 unspecified atom stereocenters. The van der Waals surface area contributed by atoms with Crippen LogP contribution in [-0.2, 0) is 11.2 Å². The van der Waals surface area contributed by atoms with Crippen LogP contribution in [0.25, 0.3) is 0 Å². The largest absolute Gasteiger partial charge is 0.732 e. The summed E-state index contributed by atoms with van der Waals surface area (Å²) in [6.07, 6.45) is 11.5. The normalized spacial score (nSPS) is 23.2. The highest BCUT2D eigenvalue weighted by Gasteiger charge is 2.50. The molecule has 0 amide bonds. The van der Waals surface area contributed by atoms with E-state index in [1.54, 1.807) is 12.3 Å². The van der Waals surface area contributed by atoms with Crippen LogP contribution in [0, 0.1) is 5.21 Å². The smallest absolute Gasteiger partial charge is 0.119 e. The van der Waals surface area contributed by atoms with Gasteiger partial charge in [-0.05, 0) is 65.0 Å². The van der Waals surface area contributed by atoms with E-state index < -0.39 is 0 Å². The summed E-state index contributed by atoms with van der Waals surface area (Å²) in [5.74, 6) is 0.155. The molecule has 24 heavy (non-hydrogen) atoms. The van der Waals surface area contributed by atoms with Crippen LogP contribution in [0.3, 0.4) is 0 Å². The SMILES string of the molecule is CC(C)=CCC/C(C)=C/CC[C@@]1(C)O[C@@H]1Cc1c[nH]c(N([O-])O)c1. The van der Waals surface area contributed by atoms with Crippen molar-refractivity contribution in [3.63, 3.8) is 0 Å². The zero-order valence-corrected chi connectivity index (χ0v) is 15.1. The van der Waals surface area contributed by atoms with Gasteiger partial charge < -0.3 is 20.2 Å². The van der Waals surface area contributed by atoms with Crippen molar-refractivity contribution in [1.29, 1.82) is 0 Å². The number of aromatic amines is 1. The molecule has 1 aromatic rings. The van der Waals surface area contributed by atoms with Gasteiger partial charge in [0, 0.05) is 12.6 Å². The molecule has 1 saturated heterocycles. The van der Waals surface area contributed by atoms with Crippen molar-refractivity contribution in [2.24, 2.45) is 0 Å². The van der Waals surface area contributed by atoms with Gasteiger partial charge in [-0.15, -0.1) is 0 Å². The molecule has 0 aliphatic carbocycles. The molecule has 2 N–H and O–H groups in total. The lowest BCUT2D eigenvalue weighted by Gasteiger charge is -2.18. The van der Waals surface area contributed by atoms with Gasteiger partial charge in [0.15, 0.2) is 0 Å². The molecule has 0 radical (unpaired) electrons. The molecule has 0 saturated carbocycles. The van der Waals surface area contributed by atoms with Crippen LogP contribution in [0.2, 0.25) is 0 Å². The van der Waals surface area contributed by atoms with Gasteiger partial charge in [-0.1, -0.05) is 23.3 Å². The molecular formula is C19H29N2O3-. The van der Waals surface area contributed by atoms with Crippen LogP contribution in [-0.4, -0.2) is 21.9 Å². The summed E-state index contributed by atoms with van der Waals surface area (Å²) in [7, 11) is 0. The van der Waals surface area contributed by atoms with Crippen LogP contribution < -0.4 is 5.23 Å². The molecule has 134 valence electrons. The quantitative estimate of drug-likeness (QED) is 0.383. The third kappa shape index (κ3) is 5.51. The van der Waals surface area contributed by atoms with Crippen LogP contribution in [0.1, 0.15) is 58.9 Å². The van der Waals surface area contributed by atoms with Crippen molar-refractivity contribution in [3.8, 4) is 0 Å². The Morgan fingerprint density at radius 3 is 2.75 bits per heavy atom. The molecule has 1 aliphatic rings. The highest BCUT2D eigenvalue weighted by atomic mass is 16.8. The van der Waals surface area contributed by atoms with E-state index in [9.17, 15) is 5.21 Å². The number of aromatic nitrogens is 1. The fourth-order valence-electron chi connectivity index (χ4n) is 2.93. The Morgan fingerprint density at radius 2 is 2.12 bits per heavy atom. The highest BCUT2D eigenvalue weighted by molar-refractivity contribution is 5.40. The van der Waals surface area contributed by atoms with Gasteiger partial charge in [0.1, 0.15) is 5.82 Å². The first kappa shape index (κ1) is 18.8. The van der Waals surface area contributed by atoms with E-state index >= 15 is 0 Å². The second-order valence-electron chi connectivity index (χ2n) is 7.20. The first-order valence-electron chi connectivity index (χ1n) is 8.60. The van der Waals surface area contributed by atoms with E-state index in [2.05, 4.69) is 44.8 Å². The molecule has 2 heterocycles. The maximum Gasteiger partial charge on any atom is 0.119 e. The van der Waals surface area contributed by atoms with Crippen LogP contribution >= 0.6 is 0 Å². The second kappa shape index (κ2) is 8.01. The van der Waals surface area contributed by atoms with E-state index in [4.69, 9.17) is 9.94 Å². The van der Waals surface area contributed by atoms with Gasteiger partial charge in [0.05, 0.1) is 11.7 Å². The minimum absolute atomic E-state index is 0.0789. The second-order valence-corrected chi connectivity index (χ2v) is 7.20. The maximum atomic E-state index is 10.8. The predicted octanol–water partition coefficient (Wildman–Crippen LogP) is 4.88. The van der Waals surface area contributed by atoms with Crippen molar-refractivity contribution in [3.05, 3.63) is 46.3 Å². The number of allylic oxidation sites excluding steroid dienone is 4. The molecular weight excluding hydrogens is 304 g/mol. The van der Waals surface area contributed by atoms with E-state index in [1.807, 2.05) is 0 Å². The van der Waals surface area contributed by atoms with Crippen molar-refractivity contribution in [2.75, 3.05) is 5.23 Å². The number of hydrogen-bond acceptors (Lipinski definition) is 4.